The van der Waals surface area contributed by atoms with E-state index < -0.39 is 10.0 Å². The lowest BCUT2D eigenvalue weighted by molar-refractivity contribution is 0.340. The number of nitrogens with one attached hydrogen (secondary N) is 1. The predicted molar refractivity (Wildman–Crippen MR) is 146 cm³/mol. The molecule has 1 N–H and O–H groups in total. The van der Waals surface area contributed by atoms with Crippen LogP contribution in [0.2, 0.25) is 0 Å². The zero-order chi connectivity index (χ0) is 25.5. The molecular formula is C29H29N3O3S. The second-order valence-corrected chi connectivity index (χ2v) is 9.44. The molecule has 3 aromatic carbocycles. The third kappa shape index (κ3) is 4.97. The van der Waals surface area contributed by atoms with Gasteiger partial charge in [-0.25, -0.2) is 17.4 Å². The highest BCUT2D eigenvalue weighted by Gasteiger charge is 2.25. The summed E-state index contributed by atoms with van der Waals surface area (Å²) in [6.45, 7) is 6.48. The van der Waals surface area contributed by atoms with Crippen LogP contribution in [0.1, 0.15) is 20.8 Å². The molecule has 0 saturated heterocycles. The molecule has 0 spiro atoms. The molecule has 5 rings (SSSR count). The maximum atomic E-state index is 13.8. The first-order chi connectivity index (χ1) is 17.6. The van der Waals surface area contributed by atoms with Crippen LogP contribution in [-0.2, 0) is 10.0 Å². The highest BCUT2D eigenvalue weighted by Crippen LogP contribution is 2.36. The Labute approximate surface area is 212 Å². The second kappa shape index (κ2) is 11.1. The molecule has 0 amide bonds. The van der Waals surface area contributed by atoms with Crippen LogP contribution in [0.5, 0.6) is 5.75 Å². The number of fused-ring (bicyclic) bond motifs is 1. The quantitative estimate of drug-likeness (QED) is 0.258. The zero-order valence-electron chi connectivity index (χ0n) is 20.5. The van der Waals surface area contributed by atoms with Crippen molar-refractivity contribution < 1.29 is 13.2 Å². The lowest BCUT2D eigenvalue weighted by Crippen LogP contribution is -2.14. The van der Waals surface area contributed by atoms with Gasteiger partial charge in [0.2, 0.25) is 0 Å². The van der Waals surface area contributed by atoms with Crippen molar-refractivity contribution in [3.63, 3.8) is 0 Å². The SMILES string of the molecule is CC.CCOc1ccc(-c2cc3c(Nc4ccccc4)ccnc3n2S(=O)(=O)c2ccccc2)cc1. The molecule has 7 heteroatoms. The first kappa shape index (κ1) is 25.0. The van der Waals surface area contributed by atoms with Gasteiger partial charge in [0.25, 0.3) is 10.0 Å². The zero-order valence-corrected chi connectivity index (χ0v) is 21.4. The number of aromatic nitrogens is 2. The first-order valence-electron chi connectivity index (χ1n) is 11.9. The van der Waals surface area contributed by atoms with Crippen LogP contribution >= 0.6 is 0 Å². The van der Waals surface area contributed by atoms with E-state index in [1.54, 1.807) is 36.5 Å². The Kier molecular flexibility index (Phi) is 7.71. The van der Waals surface area contributed by atoms with Crippen molar-refractivity contribution in [2.75, 3.05) is 11.9 Å². The molecule has 0 fully saturated rings. The maximum absolute atomic E-state index is 13.8. The van der Waals surface area contributed by atoms with Crippen molar-refractivity contribution in [1.29, 1.82) is 0 Å². The van der Waals surface area contributed by atoms with Gasteiger partial charge >= 0.3 is 0 Å². The summed E-state index contributed by atoms with van der Waals surface area (Å²) < 4.78 is 34.5. The van der Waals surface area contributed by atoms with Gasteiger partial charge in [-0.2, -0.15) is 0 Å². The minimum atomic E-state index is -3.92. The van der Waals surface area contributed by atoms with E-state index in [0.29, 0.717) is 23.3 Å². The van der Waals surface area contributed by atoms with Crippen LogP contribution in [0.15, 0.2) is 108 Å². The largest absolute Gasteiger partial charge is 0.494 e. The highest BCUT2D eigenvalue weighted by atomic mass is 32.2. The van der Waals surface area contributed by atoms with Gasteiger partial charge in [0.05, 0.1) is 22.9 Å². The smallest absolute Gasteiger partial charge is 0.269 e. The number of rotatable bonds is 7. The average Bonchev–Trinajstić information content (AvgIpc) is 3.33. The summed E-state index contributed by atoms with van der Waals surface area (Å²) in [7, 11) is -3.92. The fraction of sp³-hybridized carbons (Fsp3) is 0.138. The molecule has 0 aliphatic carbocycles. The van der Waals surface area contributed by atoms with E-state index in [-0.39, 0.29) is 4.90 Å². The Morgan fingerprint density at radius 1 is 0.861 bits per heavy atom. The van der Waals surface area contributed by atoms with Crippen LogP contribution in [0.3, 0.4) is 0 Å². The Morgan fingerprint density at radius 2 is 1.50 bits per heavy atom. The third-order valence-corrected chi connectivity index (χ3v) is 7.17. The van der Waals surface area contributed by atoms with Crippen LogP contribution in [0, 0.1) is 0 Å². The molecule has 0 aliphatic heterocycles. The molecule has 0 bridgehead atoms. The summed E-state index contributed by atoms with van der Waals surface area (Å²) in [4.78, 5) is 4.68. The minimum Gasteiger partial charge on any atom is -0.494 e. The monoisotopic (exact) mass is 499 g/mol. The Hall–Kier alpha value is -4.10. The van der Waals surface area contributed by atoms with Gasteiger partial charge in [-0.1, -0.05) is 50.2 Å². The topological polar surface area (TPSA) is 73.2 Å². The van der Waals surface area contributed by atoms with E-state index in [1.807, 2.05) is 87.5 Å². The standard InChI is InChI=1S/C27H23N3O3S.C2H6/c1-2-33-22-15-13-20(14-16-22)26-19-24-25(29-21-9-5-3-6-10-21)17-18-28-27(24)30(26)34(31,32)23-11-7-4-8-12-23;1-2/h3-19H,2H2,1H3,(H,28,29);1-2H3. The van der Waals surface area contributed by atoms with Crippen LogP contribution in [-0.4, -0.2) is 24.0 Å². The number of hydrogen-bond donors (Lipinski definition) is 1. The fourth-order valence-corrected chi connectivity index (χ4v) is 5.39. The van der Waals surface area contributed by atoms with Gasteiger partial charge < -0.3 is 10.1 Å². The van der Waals surface area contributed by atoms with Crippen molar-refractivity contribution in [3.05, 3.63) is 103 Å². The van der Waals surface area contributed by atoms with E-state index >= 15 is 0 Å². The molecule has 0 aliphatic rings. The molecule has 6 nitrogen and oxygen atoms in total. The molecule has 0 saturated carbocycles. The molecule has 5 aromatic rings. The van der Waals surface area contributed by atoms with Crippen LogP contribution in [0.4, 0.5) is 11.4 Å². The van der Waals surface area contributed by atoms with Gasteiger partial charge in [-0.3, -0.25) is 0 Å². The summed E-state index contributed by atoms with van der Waals surface area (Å²) in [5, 5.41) is 4.09. The molecule has 2 heterocycles. The highest BCUT2D eigenvalue weighted by molar-refractivity contribution is 7.90. The van der Waals surface area contributed by atoms with Crippen molar-refractivity contribution >= 4 is 32.4 Å². The first-order valence-corrected chi connectivity index (χ1v) is 13.4. The van der Waals surface area contributed by atoms with Gasteiger partial charge in [-0.15, -0.1) is 0 Å². The van der Waals surface area contributed by atoms with Crippen molar-refractivity contribution in [2.24, 2.45) is 0 Å². The summed E-state index contributed by atoms with van der Waals surface area (Å²) in [5.74, 6) is 0.726. The van der Waals surface area contributed by atoms with Gasteiger partial charge in [0.1, 0.15) is 5.75 Å². The summed E-state index contributed by atoms with van der Waals surface area (Å²) in [6, 6.07) is 29.3. The molecule has 0 atom stereocenters. The lowest BCUT2D eigenvalue weighted by Gasteiger charge is -2.12. The molecule has 184 valence electrons. The molecule has 2 aromatic heterocycles. The van der Waals surface area contributed by atoms with Gasteiger partial charge in [0.15, 0.2) is 5.65 Å². The summed E-state index contributed by atoms with van der Waals surface area (Å²) in [6.07, 6.45) is 1.62. The van der Waals surface area contributed by atoms with E-state index in [2.05, 4.69) is 10.3 Å². The van der Waals surface area contributed by atoms with Gasteiger partial charge in [0, 0.05) is 17.3 Å². The number of para-hydroxylation sites is 1. The molecule has 36 heavy (non-hydrogen) atoms. The van der Waals surface area contributed by atoms with E-state index in [9.17, 15) is 8.42 Å². The van der Waals surface area contributed by atoms with Crippen molar-refractivity contribution in [2.45, 2.75) is 25.7 Å². The molecular weight excluding hydrogens is 470 g/mol. The second-order valence-electron chi connectivity index (χ2n) is 7.66. The number of ether oxygens (including phenoxy) is 1. The van der Waals surface area contributed by atoms with E-state index in [4.69, 9.17) is 4.74 Å². The number of pyridine rings is 1. The van der Waals surface area contributed by atoms with Crippen LogP contribution < -0.4 is 10.1 Å². The van der Waals surface area contributed by atoms with E-state index in [1.165, 1.54) is 3.97 Å². The summed E-state index contributed by atoms with van der Waals surface area (Å²) in [5.41, 5.74) is 3.29. The fourth-order valence-electron chi connectivity index (χ4n) is 3.89. The number of nitrogens with zero attached hydrogens (tertiary/aromatic N) is 2. The third-order valence-electron chi connectivity index (χ3n) is 5.46. The van der Waals surface area contributed by atoms with Crippen molar-refractivity contribution in [3.8, 4) is 17.0 Å². The normalized spacial score (nSPS) is 11.0. The number of anilines is 2. The Morgan fingerprint density at radius 3 is 2.14 bits per heavy atom. The average molecular weight is 500 g/mol. The minimum absolute atomic E-state index is 0.197. The van der Waals surface area contributed by atoms with Crippen molar-refractivity contribution in [1.82, 2.24) is 8.96 Å². The predicted octanol–water partition coefficient (Wildman–Crippen LogP) is 7.11. The molecule has 0 radical (unpaired) electrons. The lowest BCUT2D eigenvalue weighted by atomic mass is 10.1. The van der Waals surface area contributed by atoms with E-state index in [0.717, 1.165) is 22.7 Å². The molecule has 0 unspecified atom stereocenters. The Balaban J connectivity index is 0.00000148. The van der Waals surface area contributed by atoms with Crippen LogP contribution in [0.25, 0.3) is 22.3 Å². The number of benzene rings is 3. The Bertz CT molecular complexity index is 1530. The van der Waals surface area contributed by atoms with Gasteiger partial charge in [-0.05, 0) is 73.2 Å². The summed E-state index contributed by atoms with van der Waals surface area (Å²) >= 11 is 0. The number of hydrogen-bond acceptors (Lipinski definition) is 5. The maximum Gasteiger partial charge on any atom is 0.269 e.